The van der Waals surface area contributed by atoms with Gasteiger partial charge in [-0.3, -0.25) is 9.69 Å². The predicted octanol–water partition coefficient (Wildman–Crippen LogP) is 1.83. The maximum Gasteiger partial charge on any atom is 0.240 e. The molecule has 0 aromatic carbocycles. The van der Waals surface area contributed by atoms with Crippen molar-refractivity contribution < 1.29 is 4.79 Å². The molecule has 2 heterocycles. The Morgan fingerprint density at radius 3 is 2.95 bits per heavy atom. The summed E-state index contributed by atoms with van der Waals surface area (Å²) in [7, 11) is 0. The molecule has 0 radical (unpaired) electrons. The Morgan fingerprint density at radius 2 is 2.29 bits per heavy atom. The van der Waals surface area contributed by atoms with Gasteiger partial charge < -0.3 is 10.2 Å². The lowest BCUT2D eigenvalue weighted by atomic mass is 9.95. The first-order chi connectivity index (χ1) is 10.2. The lowest BCUT2D eigenvalue weighted by Gasteiger charge is -2.30. The lowest BCUT2D eigenvalue weighted by Crippen LogP contribution is -2.43. The Balaban J connectivity index is 1.61. The van der Waals surface area contributed by atoms with Crippen LogP contribution in [0.5, 0.6) is 0 Å². The zero-order valence-electron chi connectivity index (χ0n) is 13.5. The van der Waals surface area contributed by atoms with Gasteiger partial charge in [0.2, 0.25) is 5.91 Å². The highest BCUT2D eigenvalue weighted by Gasteiger charge is 2.42. The number of carbonyl (C=O) groups is 1. The first kappa shape index (κ1) is 15.0. The quantitative estimate of drug-likeness (QED) is 0.858. The minimum atomic E-state index is 0.297. The van der Waals surface area contributed by atoms with Gasteiger partial charge in [0, 0.05) is 24.8 Å². The summed E-state index contributed by atoms with van der Waals surface area (Å²) >= 11 is 0. The second-order valence-corrected chi connectivity index (χ2v) is 6.83. The molecule has 0 spiro atoms. The highest BCUT2D eigenvalue weighted by molar-refractivity contribution is 5.80. The van der Waals surface area contributed by atoms with Crippen LogP contribution in [0, 0.1) is 11.8 Å². The monoisotopic (exact) mass is 291 g/mol. The van der Waals surface area contributed by atoms with Crippen molar-refractivity contribution in [1.29, 1.82) is 0 Å². The summed E-state index contributed by atoms with van der Waals surface area (Å²) in [6.07, 6.45) is 6.98. The van der Waals surface area contributed by atoms with Crippen molar-refractivity contribution in [1.82, 2.24) is 15.1 Å². The largest absolute Gasteiger partial charge is 0.316 e. The third kappa shape index (κ3) is 3.02. The Hall–Kier alpha value is -0.870. The molecule has 1 amide bonds. The summed E-state index contributed by atoms with van der Waals surface area (Å²) in [5.74, 6) is 1.78. The van der Waals surface area contributed by atoms with Gasteiger partial charge in [-0.2, -0.15) is 0 Å². The predicted molar refractivity (Wildman–Crippen MR) is 84.8 cm³/mol. The minimum absolute atomic E-state index is 0.297. The maximum absolute atomic E-state index is 12.7. The Bertz CT molecular complexity index is 420. The second kappa shape index (κ2) is 6.49. The summed E-state index contributed by atoms with van der Waals surface area (Å²) in [6.45, 7) is 9.13. The first-order valence-corrected chi connectivity index (χ1v) is 8.65. The number of hydrogen-bond acceptors (Lipinski definition) is 3. The summed E-state index contributed by atoms with van der Waals surface area (Å²) in [4.78, 5) is 17.2. The van der Waals surface area contributed by atoms with Crippen LogP contribution in [0.25, 0.3) is 0 Å². The van der Waals surface area contributed by atoms with E-state index in [1.54, 1.807) is 0 Å². The minimum Gasteiger partial charge on any atom is -0.316 e. The van der Waals surface area contributed by atoms with E-state index < -0.39 is 0 Å². The van der Waals surface area contributed by atoms with Crippen LogP contribution in [0.4, 0.5) is 0 Å². The van der Waals surface area contributed by atoms with Crippen molar-refractivity contribution in [3.63, 3.8) is 0 Å². The maximum atomic E-state index is 12.7. The molecule has 1 aliphatic carbocycles. The van der Waals surface area contributed by atoms with E-state index in [0.29, 0.717) is 18.5 Å². The van der Waals surface area contributed by atoms with E-state index in [0.717, 1.165) is 50.9 Å². The van der Waals surface area contributed by atoms with Crippen molar-refractivity contribution in [2.75, 3.05) is 32.7 Å². The van der Waals surface area contributed by atoms with E-state index in [2.05, 4.69) is 30.1 Å². The number of fused-ring (bicyclic) bond motifs is 1. The Labute approximate surface area is 128 Å². The topological polar surface area (TPSA) is 35.6 Å². The van der Waals surface area contributed by atoms with Gasteiger partial charge in [-0.25, -0.2) is 0 Å². The number of allylic oxidation sites excluding steroid dienone is 2. The van der Waals surface area contributed by atoms with Gasteiger partial charge in [0.15, 0.2) is 0 Å². The van der Waals surface area contributed by atoms with Crippen LogP contribution < -0.4 is 5.32 Å². The smallest absolute Gasteiger partial charge is 0.240 e. The average molecular weight is 291 g/mol. The molecule has 0 aromatic heterocycles. The molecule has 21 heavy (non-hydrogen) atoms. The Kier molecular flexibility index (Phi) is 4.65. The fourth-order valence-corrected chi connectivity index (χ4v) is 4.33. The molecule has 2 saturated heterocycles. The highest BCUT2D eigenvalue weighted by Crippen LogP contribution is 2.32. The average Bonchev–Trinajstić information content (AvgIpc) is 3.05. The third-order valence-electron chi connectivity index (χ3n) is 5.63. The fourth-order valence-electron chi connectivity index (χ4n) is 4.33. The van der Waals surface area contributed by atoms with Gasteiger partial charge in [0.05, 0.1) is 6.54 Å². The Morgan fingerprint density at radius 1 is 1.43 bits per heavy atom. The van der Waals surface area contributed by atoms with Crippen LogP contribution in [0.2, 0.25) is 0 Å². The molecule has 2 fully saturated rings. The zero-order chi connectivity index (χ0) is 14.8. The van der Waals surface area contributed by atoms with Crippen LogP contribution in [0.15, 0.2) is 11.8 Å². The molecule has 4 nitrogen and oxygen atoms in total. The molecule has 118 valence electrons. The number of nitrogens with one attached hydrogen (secondary N) is 1. The zero-order valence-corrected chi connectivity index (χ0v) is 13.5. The molecule has 3 atom stereocenters. The van der Waals surface area contributed by atoms with Crippen molar-refractivity contribution in [3.8, 4) is 0 Å². The summed E-state index contributed by atoms with van der Waals surface area (Å²) in [6, 6.07) is 0.535. The molecule has 3 aliphatic rings. The van der Waals surface area contributed by atoms with Gasteiger partial charge in [-0.1, -0.05) is 6.08 Å². The van der Waals surface area contributed by atoms with E-state index in [9.17, 15) is 4.79 Å². The van der Waals surface area contributed by atoms with Gasteiger partial charge in [0.1, 0.15) is 0 Å². The number of amides is 1. The van der Waals surface area contributed by atoms with E-state index in [-0.39, 0.29) is 0 Å². The molecule has 3 unspecified atom stereocenters. The van der Waals surface area contributed by atoms with Crippen molar-refractivity contribution in [2.24, 2.45) is 11.8 Å². The molecule has 0 saturated carbocycles. The summed E-state index contributed by atoms with van der Waals surface area (Å²) < 4.78 is 0. The van der Waals surface area contributed by atoms with Crippen molar-refractivity contribution >= 4 is 5.91 Å². The second-order valence-electron chi connectivity index (χ2n) is 6.83. The standard InChI is InChI=1S/C17H29N3O/c1-3-20(15-7-5-4-6-8-15)17(21)12-19-11-14-9-18-10-16(14)13(19)2/h7,13-14,16,18H,3-6,8-12H2,1-2H3. The van der Waals surface area contributed by atoms with E-state index in [4.69, 9.17) is 0 Å². The van der Waals surface area contributed by atoms with Gasteiger partial charge >= 0.3 is 0 Å². The number of likely N-dealkylation sites (N-methyl/N-ethyl adjacent to an activating group) is 1. The molecular formula is C17H29N3O. The molecule has 0 aromatic rings. The molecule has 3 rings (SSSR count). The lowest BCUT2D eigenvalue weighted by molar-refractivity contribution is -0.130. The molecule has 4 heteroatoms. The van der Waals surface area contributed by atoms with Gasteiger partial charge in [-0.05, 0) is 64.5 Å². The highest BCUT2D eigenvalue weighted by atomic mass is 16.2. The molecule has 0 bridgehead atoms. The number of hydrogen-bond donors (Lipinski definition) is 1. The third-order valence-corrected chi connectivity index (χ3v) is 5.63. The van der Waals surface area contributed by atoms with Gasteiger partial charge in [0.25, 0.3) is 0 Å². The number of nitrogens with zero attached hydrogens (tertiary/aromatic N) is 2. The number of carbonyl (C=O) groups excluding carboxylic acids is 1. The molecule has 1 N–H and O–H groups in total. The number of rotatable bonds is 4. The van der Waals surface area contributed by atoms with Crippen molar-refractivity contribution in [2.45, 2.75) is 45.6 Å². The van der Waals surface area contributed by atoms with Crippen LogP contribution in [-0.2, 0) is 4.79 Å². The number of likely N-dealkylation sites (tertiary alicyclic amines) is 1. The van der Waals surface area contributed by atoms with E-state index in [1.165, 1.54) is 18.5 Å². The van der Waals surface area contributed by atoms with Crippen LogP contribution in [0.1, 0.15) is 39.5 Å². The summed E-state index contributed by atoms with van der Waals surface area (Å²) in [5.41, 5.74) is 1.27. The van der Waals surface area contributed by atoms with Crippen LogP contribution in [-0.4, -0.2) is 54.5 Å². The molecular weight excluding hydrogens is 262 g/mol. The van der Waals surface area contributed by atoms with Gasteiger partial charge in [-0.15, -0.1) is 0 Å². The fraction of sp³-hybridized carbons (Fsp3) is 0.824. The molecule has 2 aliphatic heterocycles. The normalized spacial score (nSPS) is 32.9. The van der Waals surface area contributed by atoms with Crippen LogP contribution in [0.3, 0.4) is 0 Å². The van der Waals surface area contributed by atoms with E-state index >= 15 is 0 Å². The van der Waals surface area contributed by atoms with Crippen molar-refractivity contribution in [3.05, 3.63) is 11.8 Å². The summed E-state index contributed by atoms with van der Waals surface area (Å²) in [5, 5.41) is 3.48. The first-order valence-electron chi connectivity index (χ1n) is 8.65. The SMILES string of the molecule is CCN(C(=O)CN1CC2CNCC2C1C)C1=CCCCC1. The van der Waals surface area contributed by atoms with Crippen LogP contribution >= 0.6 is 0 Å². The van der Waals surface area contributed by atoms with E-state index in [1.807, 2.05) is 4.90 Å².